The highest BCUT2D eigenvalue weighted by atomic mass is 16.5. The molecule has 2 radical (unpaired) electrons. The summed E-state index contributed by atoms with van der Waals surface area (Å²) < 4.78 is 5.35. The summed E-state index contributed by atoms with van der Waals surface area (Å²) in [6, 6.07) is -0.0938. The van der Waals surface area contributed by atoms with Gasteiger partial charge >= 0.3 is 0 Å². The Bertz CT molecular complexity index is 89.1. The second-order valence-electron chi connectivity index (χ2n) is 2.36. The first-order chi connectivity index (χ1) is 4.33. The van der Waals surface area contributed by atoms with E-state index >= 15 is 0 Å². The average molecular weight is 125 g/mol. The van der Waals surface area contributed by atoms with Gasteiger partial charge in [-0.25, -0.2) is 0 Å². The van der Waals surface area contributed by atoms with Crippen molar-refractivity contribution in [3.05, 3.63) is 0 Å². The van der Waals surface area contributed by atoms with Crippen LogP contribution in [-0.2, 0) is 4.74 Å². The summed E-state index contributed by atoms with van der Waals surface area (Å²) in [6.07, 6.45) is 1.37. The van der Waals surface area contributed by atoms with Gasteiger partial charge in [0.15, 0.2) is 0 Å². The van der Waals surface area contributed by atoms with Gasteiger partial charge in [0.05, 0.1) is 6.10 Å². The van der Waals surface area contributed by atoms with E-state index in [1.54, 1.807) is 0 Å². The molecule has 0 aromatic rings. The van der Waals surface area contributed by atoms with Crippen molar-refractivity contribution in [1.29, 1.82) is 0 Å². The van der Waals surface area contributed by atoms with Crippen molar-refractivity contribution in [1.82, 2.24) is 5.32 Å². The smallest absolute Gasteiger partial charge is 0.110 e. The van der Waals surface area contributed by atoms with Crippen LogP contribution in [0.5, 0.6) is 0 Å². The van der Waals surface area contributed by atoms with E-state index in [1.165, 1.54) is 0 Å². The van der Waals surface area contributed by atoms with Crippen LogP contribution < -0.4 is 5.32 Å². The van der Waals surface area contributed by atoms with Crippen molar-refractivity contribution in [2.24, 2.45) is 0 Å². The van der Waals surface area contributed by atoms with E-state index in [0.717, 1.165) is 19.5 Å². The van der Waals surface area contributed by atoms with Gasteiger partial charge in [0.25, 0.3) is 0 Å². The van der Waals surface area contributed by atoms with E-state index in [2.05, 4.69) is 12.2 Å². The Morgan fingerprint density at radius 2 is 2.44 bits per heavy atom. The summed E-state index contributed by atoms with van der Waals surface area (Å²) in [6.45, 7) is 3.84. The zero-order chi connectivity index (χ0) is 6.69. The third-order valence-corrected chi connectivity index (χ3v) is 1.54. The van der Waals surface area contributed by atoms with Gasteiger partial charge in [-0.3, -0.25) is 0 Å². The molecular weight excluding hydrogens is 113 g/mol. The van der Waals surface area contributed by atoms with Crippen molar-refractivity contribution in [3.63, 3.8) is 0 Å². The van der Waals surface area contributed by atoms with Crippen LogP contribution in [0.25, 0.3) is 0 Å². The Morgan fingerprint density at radius 1 is 1.67 bits per heavy atom. The maximum Gasteiger partial charge on any atom is 0.110 e. The first-order valence-electron chi connectivity index (χ1n) is 3.44. The van der Waals surface area contributed by atoms with Crippen LogP contribution in [0.1, 0.15) is 13.3 Å². The summed E-state index contributed by atoms with van der Waals surface area (Å²) in [5, 5.41) is 3.19. The Hall–Kier alpha value is -0.0151. The molecule has 1 saturated heterocycles. The zero-order valence-corrected chi connectivity index (χ0v) is 5.76. The monoisotopic (exact) mass is 125 g/mol. The van der Waals surface area contributed by atoms with E-state index in [0.29, 0.717) is 6.10 Å². The van der Waals surface area contributed by atoms with Gasteiger partial charge in [-0.05, 0) is 6.42 Å². The van der Waals surface area contributed by atoms with Crippen LogP contribution in [-0.4, -0.2) is 33.0 Å². The lowest BCUT2D eigenvalue weighted by Crippen LogP contribution is -2.44. The lowest BCUT2D eigenvalue weighted by molar-refractivity contribution is 0.00289. The standard InChI is InChI=1S/C6H12BNO/c1-2-5-3-8-4-6(7)9-5/h5-6,8H,2-4H2,1H3/t5?,6-/m0/s1. The largest absolute Gasteiger partial charge is 0.382 e. The molecule has 1 aliphatic rings. The molecule has 0 bridgehead atoms. The van der Waals surface area contributed by atoms with Gasteiger partial charge in [0, 0.05) is 19.1 Å². The molecule has 0 aliphatic carbocycles. The predicted molar refractivity (Wildman–Crippen MR) is 37.6 cm³/mol. The fourth-order valence-electron chi connectivity index (χ4n) is 0.971. The molecule has 1 aliphatic heterocycles. The van der Waals surface area contributed by atoms with Crippen molar-refractivity contribution in [2.45, 2.75) is 25.5 Å². The van der Waals surface area contributed by atoms with E-state index < -0.39 is 0 Å². The van der Waals surface area contributed by atoms with Crippen molar-refractivity contribution in [3.8, 4) is 0 Å². The lowest BCUT2D eigenvalue weighted by atomic mass is 9.98. The number of morpholine rings is 1. The summed E-state index contributed by atoms with van der Waals surface area (Å²) in [7, 11) is 5.52. The van der Waals surface area contributed by atoms with Crippen molar-refractivity contribution >= 4 is 7.85 Å². The number of nitrogens with one attached hydrogen (secondary N) is 1. The Kier molecular flexibility index (Phi) is 2.55. The molecule has 50 valence electrons. The first kappa shape index (κ1) is 7.10. The molecule has 1 fully saturated rings. The summed E-state index contributed by atoms with van der Waals surface area (Å²) >= 11 is 0. The maximum atomic E-state index is 5.52. The minimum absolute atomic E-state index is 0.0938. The van der Waals surface area contributed by atoms with Gasteiger partial charge in [-0.15, -0.1) is 0 Å². The molecule has 0 spiro atoms. The lowest BCUT2D eigenvalue weighted by Gasteiger charge is -2.28. The van der Waals surface area contributed by atoms with E-state index in [-0.39, 0.29) is 6.00 Å². The van der Waals surface area contributed by atoms with E-state index in [4.69, 9.17) is 12.6 Å². The number of hydrogen-bond acceptors (Lipinski definition) is 2. The Morgan fingerprint density at radius 3 is 2.89 bits per heavy atom. The predicted octanol–water partition coefficient (Wildman–Crippen LogP) is -0.121. The molecule has 2 atom stereocenters. The van der Waals surface area contributed by atoms with Crippen LogP contribution in [0.2, 0.25) is 0 Å². The quantitative estimate of drug-likeness (QED) is 0.493. The molecule has 2 nitrogen and oxygen atoms in total. The third-order valence-electron chi connectivity index (χ3n) is 1.54. The molecule has 1 unspecified atom stereocenters. The Labute approximate surface area is 57.4 Å². The highest BCUT2D eigenvalue weighted by Gasteiger charge is 2.15. The SMILES string of the molecule is [B][C@@H]1CNCC(CC)O1. The molecule has 0 aromatic carbocycles. The van der Waals surface area contributed by atoms with Crippen molar-refractivity contribution in [2.75, 3.05) is 13.1 Å². The minimum Gasteiger partial charge on any atom is -0.382 e. The molecule has 1 heterocycles. The highest BCUT2D eigenvalue weighted by molar-refractivity contribution is 6.11. The van der Waals surface area contributed by atoms with Crippen molar-refractivity contribution < 1.29 is 4.74 Å². The van der Waals surface area contributed by atoms with Crippen LogP contribution >= 0.6 is 0 Å². The third kappa shape index (κ3) is 1.99. The van der Waals surface area contributed by atoms with Crippen LogP contribution in [0.15, 0.2) is 0 Å². The summed E-state index contributed by atoms with van der Waals surface area (Å²) in [5.41, 5.74) is 0. The van der Waals surface area contributed by atoms with Crippen LogP contribution in [0.4, 0.5) is 0 Å². The molecular formula is C6H12BNO. The number of hydrogen-bond donors (Lipinski definition) is 1. The second kappa shape index (κ2) is 3.23. The Balaban J connectivity index is 2.23. The first-order valence-corrected chi connectivity index (χ1v) is 3.44. The van der Waals surface area contributed by atoms with Crippen LogP contribution in [0.3, 0.4) is 0 Å². The zero-order valence-electron chi connectivity index (χ0n) is 5.76. The fraction of sp³-hybridized carbons (Fsp3) is 1.00. The molecule has 3 heteroatoms. The number of ether oxygens (including phenoxy) is 1. The summed E-state index contributed by atoms with van der Waals surface area (Å²) in [4.78, 5) is 0. The van der Waals surface area contributed by atoms with Gasteiger partial charge in [-0.2, -0.15) is 0 Å². The van der Waals surface area contributed by atoms with Gasteiger partial charge in [0.1, 0.15) is 7.85 Å². The minimum atomic E-state index is -0.0938. The molecule has 0 aromatic heterocycles. The fourth-order valence-corrected chi connectivity index (χ4v) is 0.971. The van der Waals surface area contributed by atoms with E-state index in [1.807, 2.05) is 0 Å². The van der Waals surface area contributed by atoms with E-state index in [9.17, 15) is 0 Å². The normalized spacial score (nSPS) is 36.6. The second-order valence-corrected chi connectivity index (χ2v) is 2.36. The molecule has 1 N–H and O–H groups in total. The average Bonchev–Trinajstić information content (AvgIpc) is 1.88. The highest BCUT2D eigenvalue weighted by Crippen LogP contribution is 2.03. The van der Waals surface area contributed by atoms with Crippen LogP contribution in [0, 0.1) is 0 Å². The maximum absolute atomic E-state index is 5.52. The molecule has 0 saturated carbocycles. The molecule has 9 heavy (non-hydrogen) atoms. The van der Waals surface area contributed by atoms with Gasteiger partial charge in [-0.1, -0.05) is 6.92 Å². The number of rotatable bonds is 1. The molecule has 1 rings (SSSR count). The van der Waals surface area contributed by atoms with Gasteiger partial charge < -0.3 is 10.1 Å². The summed E-state index contributed by atoms with van der Waals surface area (Å²) in [5.74, 6) is 0. The molecule has 0 amide bonds. The van der Waals surface area contributed by atoms with Gasteiger partial charge in [0.2, 0.25) is 0 Å². The topological polar surface area (TPSA) is 21.3 Å².